The summed E-state index contributed by atoms with van der Waals surface area (Å²) in [6, 6.07) is 0. The van der Waals surface area contributed by atoms with Crippen molar-refractivity contribution in [2.45, 2.75) is 50.0 Å². The zero-order valence-electron chi connectivity index (χ0n) is 10.5. The van der Waals surface area contributed by atoms with E-state index < -0.39 is 0 Å². The lowest BCUT2D eigenvalue weighted by Crippen LogP contribution is -2.37. The van der Waals surface area contributed by atoms with Gasteiger partial charge >= 0.3 is 0 Å². The van der Waals surface area contributed by atoms with Crippen LogP contribution < -0.4 is 5.32 Å². The Morgan fingerprint density at radius 1 is 1.29 bits per heavy atom. The molecule has 2 fully saturated rings. The van der Waals surface area contributed by atoms with Crippen molar-refractivity contribution in [3.63, 3.8) is 0 Å². The second-order valence-corrected chi connectivity index (χ2v) is 6.63. The maximum Gasteiger partial charge on any atom is 0.225 e. The highest BCUT2D eigenvalue weighted by Crippen LogP contribution is 2.28. The van der Waals surface area contributed by atoms with E-state index in [9.17, 15) is 4.79 Å². The fraction of sp³-hybridized carbons (Fsp3) is 0.923. The van der Waals surface area contributed by atoms with Crippen LogP contribution in [0.1, 0.15) is 39.0 Å². The van der Waals surface area contributed by atoms with Crippen molar-refractivity contribution in [1.82, 2.24) is 5.32 Å². The molecule has 2 atom stereocenters. The molecule has 1 N–H and O–H groups in total. The third kappa shape index (κ3) is 3.68. The van der Waals surface area contributed by atoms with Crippen LogP contribution in [-0.2, 0) is 9.53 Å². The van der Waals surface area contributed by atoms with E-state index in [4.69, 9.17) is 4.74 Å². The van der Waals surface area contributed by atoms with Gasteiger partial charge in [0.15, 0.2) is 0 Å². The number of nitrogens with one attached hydrogen (secondary N) is 1. The number of hydrogen-bond acceptors (Lipinski definition) is 2. The number of ether oxygens (including phenoxy) is 1. The van der Waals surface area contributed by atoms with Gasteiger partial charge < -0.3 is 10.1 Å². The Morgan fingerprint density at radius 3 is 2.59 bits per heavy atom. The van der Waals surface area contributed by atoms with E-state index in [1.165, 1.54) is 25.7 Å². The van der Waals surface area contributed by atoms with Gasteiger partial charge in [0.25, 0.3) is 0 Å². The quantitative estimate of drug-likeness (QED) is 0.814. The van der Waals surface area contributed by atoms with E-state index in [1.54, 1.807) is 0 Å². The molecule has 4 heteroatoms. The van der Waals surface area contributed by atoms with Crippen LogP contribution in [0.4, 0.5) is 0 Å². The largest absolute Gasteiger partial charge is 0.378 e. The van der Waals surface area contributed by atoms with Gasteiger partial charge in [-0.25, -0.2) is 0 Å². The van der Waals surface area contributed by atoms with Crippen molar-refractivity contribution < 1.29 is 9.53 Å². The average Bonchev–Trinajstić information content (AvgIpc) is 2.74. The van der Waals surface area contributed by atoms with Crippen LogP contribution in [0, 0.1) is 11.8 Å². The van der Waals surface area contributed by atoms with Gasteiger partial charge in [-0.05, 0) is 44.9 Å². The standard InChI is InChI=1S/C13H22BrNO2/c1-9-12(6-7-17-9)13(16)15-8-10-2-4-11(14)5-3-10/h9-12H,2-8H2,1H3,(H,15,16). The summed E-state index contributed by atoms with van der Waals surface area (Å²) in [6.45, 7) is 3.57. The fourth-order valence-electron chi connectivity index (χ4n) is 2.78. The normalized spacial score (nSPS) is 38.0. The van der Waals surface area contributed by atoms with Crippen LogP contribution >= 0.6 is 15.9 Å². The second kappa shape index (κ2) is 6.19. The number of amides is 1. The third-order valence-corrected chi connectivity index (χ3v) is 4.97. The maximum absolute atomic E-state index is 12.0. The summed E-state index contributed by atoms with van der Waals surface area (Å²) < 4.78 is 5.43. The minimum Gasteiger partial charge on any atom is -0.378 e. The molecule has 1 heterocycles. The van der Waals surface area contributed by atoms with Crippen LogP contribution in [-0.4, -0.2) is 30.0 Å². The highest BCUT2D eigenvalue weighted by molar-refractivity contribution is 9.09. The first-order valence-corrected chi connectivity index (χ1v) is 7.61. The third-order valence-electron chi connectivity index (χ3n) is 4.05. The van der Waals surface area contributed by atoms with E-state index in [0.29, 0.717) is 10.7 Å². The number of carbonyl (C=O) groups excluding carboxylic acids is 1. The first kappa shape index (κ1) is 13.3. The molecule has 0 aromatic heterocycles. The Bertz CT molecular complexity index is 264. The zero-order chi connectivity index (χ0) is 12.3. The lowest BCUT2D eigenvalue weighted by Gasteiger charge is -2.26. The van der Waals surface area contributed by atoms with E-state index >= 15 is 0 Å². The average molecular weight is 304 g/mol. The van der Waals surface area contributed by atoms with E-state index in [1.807, 2.05) is 6.92 Å². The van der Waals surface area contributed by atoms with Crippen molar-refractivity contribution in [3.05, 3.63) is 0 Å². The fourth-order valence-corrected chi connectivity index (χ4v) is 3.31. The predicted molar refractivity (Wildman–Crippen MR) is 71.2 cm³/mol. The highest BCUT2D eigenvalue weighted by Gasteiger charge is 2.31. The number of hydrogen-bond donors (Lipinski definition) is 1. The Labute approximate surface area is 112 Å². The monoisotopic (exact) mass is 303 g/mol. The molecular formula is C13H22BrNO2. The predicted octanol–water partition coefficient (Wildman–Crippen LogP) is 2.48. The first-order chi connectivity index (χ1) is 8.16. The molecule has 3 nitrogen and oxygen atoms in total. The summed E-state index contributed by atoms with van der Waals surface area (Å²) >= 11 is 3.65. The molecule has 0 aromatic rings. The van der Waals surface area contributed by atoms with Crippen molar-refractivity contribution in [3.8, 4) is 0 Å². The molecule has 98 valence electrons. The number of alkyl halides is 1. The Morgan fingerprint density at radius 2 is 2.00 bits per heavy atom. The van der Waals surface area contributed by atoms with Crippen molar-refractivity contribution in [1.29, 1.82) is 0 Å². The van der Waals surface area contributed by atoms with Crippen LogP contribution in [0.2, 0.25) is 0 Å². The van der Waals surface area contributed by atoms with Gasteiger partial charge in [-0.1, -0.05) is 15.9 Å². The van der Waals surface area contributed by atoms with Gasteiger partial charge in [0.1, 0.15) is 0 Å². The van der Waals surface area contributed by atoms with Gasteiger partial charge in [0.05, 0.1) is 12.0 Å². The van der Waals surface area contributed by atoms with Crippen LogP contribution in [0.3, 0.4) is 0 Å². The van der Waals surface area contributed by atoms with Gasteiger partial charge in [0.2, 0.25) is 5.91 Å². The molecule has 2 rings (SSSR count). The molecule has 1 aliphatic carbocycles. The zero-order valence-corrected chi connectivity index (χ0v) is 12.0. The topological polar surface area (TPSA) is 38.3 Å². The molecular weight excluding hydrogens is 282 g/mol. The summed E-state index contributed by atoms with van der Waals surface area (Å²) in [5, 5.41) is 3.11. The molecule has 1 amide bonds. The molecule has 0 aromatic carbocycles. The van der Waals surface area contributed by atoms with Crippen molar-refractivity contribution in [2.24, 2.45) is 11.8 Å². The molecule has 17 heavy (non-hydrogen) atoms. The Balaban J connectivity index is 1.69. The summed E-state index contributed by atoms with van der Waals surface area (Å²) in [4.78, 5) is 12.7. The molecule has 1 aliphatic heterocycles. The van der Waals surface area contributed by atoms with E-state index in [-0.39, 0.29) is 17.9 Å². The SMILES string of the molecule is CC1OCCC1C(=O)NCC1CCC(Br)CC1. The lowest BCUT2D eigenvalue weighted by molar-refractivity contribution is -0.126. The summed E-state index contributed by atoms with van der Waals surface area (Å²) in [5.74, 6) is 0.934. The minimum absolute atomic E-state index is 0.0718. The molecule has 1 saturated heterocycles. The van der Waals surface area contributed by atoms with E-state index in [0.717, 1.165) is 19.6 Å². The van der Waals surface area contributed by atoms with Crippen LogP contribution in [0.25, 0.3) is 0 Å². The molecule has 0 bridgehead atoms. The van der Waals surface area contributed by atoms with E-state index in [2.05, 4.69) is 21.2 Å². The highest BCUT2D eigenvalue weighted by atomic mass is 79.9. The maximum atomic E-state index is 12.0. The first-order valence-electron chi connectivity index (χ1n) is 6.70. The molecule has 2 unspecified atom stereocenters. The molecule has 0 radical (unpaired) electrons. The molecule has 1 saturated carbocycles. The smallest absolute Gasteiger partial charge is 0.225 e. The van der Waals surface area contributed by atoms with Crippen molar-refractivity contribution in [2.75, 3.05) is 13.2 Å². The van der Waals surface area contributed by atoms with Gasteiger partial charge in [-0.2, -0.15) is 0 Å². The lowest BCUT2D eigenvalue weighted by atomic mass is 9.89. The summed E-state index contributed by atoms with van der Waals surface area (Å²) in [6.07, 6.45) is 5.90. The Hall–Kier alpha value is -0.0900. The van der Waals surface area contributed by atoms with Crippen LogP contribution in [0.5, 0.6) is 0 Å². The molecule has 0 spiro atoms. The van der Waals surface area contributed by atoms with Gasteiger partial charge in [-0.3, -0.25) is 4.79 Å². The number of rotatable bonds is 3. The summed E-state index contributed by atoms with van der Waals surface area (Å²) in [7, 11) is 0. The summed E-state index contributed by atoms with van der Waals surface area (Å²) in [5.41, 5.74) is 0. The minimum atomic E-state index is 0.0718. The second-order valence-electron chi connectivity index (χ2n) is 5.33. The van der Waals surface area contributed by atoms with Gasteiger partial charge in [-0.15, -0.1) is 0 Å². The Kier molecular flexibility index (Phi) is 4.86. The van der Waals surface area contributed by atoms with Crippen LogP contribution in [0.15, 0.2) is 0 Å². The number of halogens is 1. The van der Waals surface area contributed by atoms with Crippen molar-refractivity contribution >= 4 is 21.8 Å². The number of carbonyl (C=O) groups is 1. The van der Waals surface area contributed by atoms with Gasteiger partial charge in [0, 0.05) is 18.0 Å². The molecule has 2 aliphatic rings.